The van der Waals surface area contributed by atoms with E-state index in [0.717, 1.165) is 5.56 Å². The molecule has 0 spiro atoms. The molecule has 0 saturated carbocycles. The highest BCUT2D eigenvalue weighted by molar-refractivity contribution is 7.09. The van der Waals surface area contributed by atoms with Crippen LogP contribution in [0.5, 0.6) is 0 Å². The summed E-state index contributed by atoms with van der Waals surface area (Å²) in [4.78, 5) is 4.07. The van der Waals surface area contributed by atoms with Crippen LogP contribution in [0.4, 0.5) is 0 Å². The van der Waals surface area contributed by atoms with Crippen molar-refractivity contribution in [3.05, 3.63) is 52.5 Å². The zero-order valence-corrected chi connectivity index (χ0v) is 10.8. The number of aromatic nitrogens is 1. The lowest BCUT2D eigenvalue weighted by atomic mass is 10.0. The molecule has 0 aliphatic rings. The van der Waals surface area contributed by atoms with Gasteiger partial charge < -0.3 is 10.8 Å². The van der Waals surface area contributed by atoms with Crippen molar-refractivity contribution in [2.45, 2.75) is 18.6 Å². The van der Waals surface area contributed by atoms with Crippen LogP contribution in [0, 0.1) is 0 Å². The Morgan fingerprint density at radius 1 is 1.29 bits per heavy atom. The summed E-state index contributed by atoms with van der Waals surface area (Å²) in [6, 6.07) is 9.61. The minimum absolute atomic E-state index is 0. The first-order chi connectivity index (χ1) is 7.77. The van der Waals surface area contributed by atoms with Gasteiger partial charge in [0.05, 0.1) is 0 Å². The van der Waals surface area contributed by atoms with Crippen LogP contribution in [-0.2, 0) is 6.42 Å². The van der Waals surface area contributed by atoms with E-state index in [1.807, 2.05) is 35.7 Å². The Morgan fingerprint density at radius 3 is 2.59 bits per heavy atom. The van der Waals surface area contributed by atoms with E-state index in [2.05, 4.69) is 4.98 Å². The van der Waals surface area contributed by atoms with Gasteiger partial charge in [0.1, 0.15) is 11.1 Å². The summed E-state index contributed by atoms with van der Waals surface area (Å²) < 4.78 is 0. The third-order valence-corrected chi connectivity index (χ3v) is 3.27. The summed E-state index contributed by atoms with van der Waals surface area (Å²) in [6.45, 7) is 0. The third-order valence-electron chi connectivity index (χ3n) is 2.42. The van der Waals surface area contributed by atoms with Gasteiger partial charge in [-0.1, -0.05) is 30.3 Å². The molecule has 0 aliphatic heterocycles. The third kappa shape index (κ3) is 3.78. The molecule has 2 aromatic rings. The predicted octanol–water partition coefficient (Wildman–Crippen LogP) is 2.17. The fourth-order valence-electron chi connectivity index (χ4n) is 1.56. The van der Waals surface area contributed by atoms with Gasteiger partial charge in [0.2, 0.25) is 0 Å². The van der Waals surface area contributed by atoms with Crippen LogP contribution in [0.15, 0.2) is 41.9 Å². The number of rotatable bonds is 4. The van der Waals surface area contributed by atoms with E-state index < -0.39 is 6.10 Å². The fraction of sp³-hybridized carbons (Fsp3) is 0.250. The second-order valence-corrected chi connectivity index (χ2v) is 4.59. The van der Waals surface area contributed by atoms with Crippen molar-refractivity contribution in [2.24, 2.45) is 5.73 Å². The van der Waals surface area contributed by atoms with Crippen molar-refractivity contribution >= 4 is 23.7 Å². The molecular formula is C12H15ClN2OS. The number of hydrogen-bond donors (Lipinski definition) is 2. The fourth-order valence-corrected chi connectivity index (χ4v) is 2.26. The monoisotopic (exact) mass is 270 g/mol. The van der Waals surface area contributed by atoms with Crippen molar-refractivity contribution in [3.8, 4) is 0 Å². The lowest BCUT2D eigenvalue weighted by molar-refractivity contribution is 0.145. The Bertz CT molecular complexity index is 421. The molecule has 5 heteroatoms. The molecule has 0 saturated heterocycles. The highest BCUT2D eigenvalue weighted by Gasteiger charge is 2.19. The maximum atomic E-state index is 9.96. The standard InChI is InChI=1S/C12H14N2OS.ClH/c13-10(8-9-4-2-1-3-5-9)11(15)12-14-6-7-16-12;/h1-7,10-11,15H,8,13H2;1H. The lowest BCUT2D eigenvalue weighted by Gasteiger charge is -2.16. The SMILES string of the molecule is Cl.NC(Cc1ccccc1)C(O)c1nccs1. The highest BCUT2D eigenvalue weighted by Crippen LogP contribution is 2.20. The minimum atomic E-state index is -0.680. The molecule has 1 aromatic carbocycles. The van der Waals surface area contributed by atoms with Gasteiger partial charge in [0.15, 0.2) is 0 Å². The van der Waals surface area contributed by atoms with E-state index >= 15 is 0 Å². The molecule has 0 radical (unpaired) electrons. The summed E-state index contributed by atoms with van der Waals surface area (Å²) in [6.07, 6.45) is 1.65. The summed E-state index contributed by atoms with van der Waals surface area (Å²) in [7, 11) is 0. The maximum absolute atomic E-state index is 9.96. The molecule has 2 rings (SSSR count). The minimum Gasteiger partial charge on any atom is -0.384 e. The van der Waals surface area contributed by atoms with Gasteiger partial charge in [0.25, 0.3) is 0 Å². The van der Waals surface area contributed by atoms with Crippen molar-refractivity contribution in [1.82, 2.24) is 4.98 Å². The Kier molecular flexibility index (Phi) is 5.58. The summed E-state index contributed by atoms with van der Waals surface area (Å²) in [5, 5.41) is 12.5. The Labute approximate surface area is 111 Å². The highest BCUT2D eigenvalue weighted by atomic mass is 35.5. The largest absolute Gasteiger partial charge is 0.384 e. The van der Waals surface area contributed by atoms with E-state index in [4.69, 9.17) is 5.73 Å². The number of thiazole rings is 1. The normalized spacial score (nSPS) is 13.8. The average molecular weight is 271 g/mol. The number of hydrogen-bond acceptors (Lipinski definition) is 4. The molecule has 0 amide bonds. The van der Waals surface area contributed by atoms with Gasteiger partial charge in [0, 0.05) is 17.6 Å². The van der Waals surface area contributed by atoms with Crippen LogP contribution in [0.2, 0.25) is 0 Å². The summed E-state index contributed by atoms with van der Waals surface area (Å²) in [5.41, 5.74) is 7.09. The smallest absolute Gasteiger partial charge is 0.123 e. The summed E-state index contributed by atoms with van der Waals surface area (Å²) in [5.74, 6) is 0. The van der Waals surface area contributed by atoms with E-state index in [-0.39, 0.29) is 18.4 Å². The lowest BCUT2D eigenvalue weighted by Crippen LogP contribution is -2.30. The van der Waals surface area contributed by atoms with Crippen molar-refractivity contribution in [3.63, 3.8) is 0 Å². The molecule has 3 nitrogen and oxygen atoms in total. The number of aliphatic hydroxyl groups excluding tert-OH is 1. The number of nitrogens with zero attached hydrogens (tertiary/aromatic N) is 1. The molecule has 92 valence electrons. The zero-order valence-electron chi connectivity index (χ0n) is 9.19. The van der Waals surface area contributed by atoms with Crippen molar-refractivity contribution in [1.29, 1.82) is 0 Å². The first-order valence-electron chi connectivity index (χ1n) is 5.14. The van der Waals surface area contributed by atoms with Crippen LogP contribution in [0.1, 0.15) is 16.7 Å². The van der Waals surface area contributed by atoms with Gasteiger partial charge in [-0.3, -0.25) is 0 Å². The molecule has 1 heterocycles. The van der Waals surface area contributed by atoms with E-state index in [1.54, 1.807) is 6.20 Å². The Balaban J connectivity index is 0.00000144. The Morgan fingerprint density at radius 2 is 2.00 bits per heavy atom. The van der Waals surface area contributed by atoms with Gasteiger partial charge in [-0.2, -0.15) is 0 Å². The quantitative estimate of drug-likeness (QED) is 0.895. The van der Waals surface area contributed by atoms with Crippen LogP contribution >= 0.6 is 23.7 Å². The molecule has 0 fully saturated rings. The number of aliphatic hydroxyl groups is 1. The van der Waals surface area contributed by atoms with Crippen LogP contribution in [-0.4, -0.2) is 16.1 Å². The first kappa shape index (κ1) is 14.1. The first-order valence-corrected chi connectivity index (χ1v) is 6.02. The second kappa shape index (κ2) is 6.71. The predicted molar refractivity (Wildman–Crippen MR) is 72.4 cm³/mol. The van der Waals surface area contributed by atoms with Crippen LogP contribution < -0.4 is 5.73 Å². The van der Waals surface area contributed by atoms with Gasteiger partial charge in [-0.05, 0) is 12.0 Å². The average Bonchev–Trinajstić information content (AvgIpc) is 2.83. The van der Waals surface area contributed by atoms with Gasteiger partial charge in [-0.25, -0.2) is 4.98 Å². The van der Waals surface area contributed by atoms with Crippen LogP contribution in [0.25, 0.3) is 0 Å². The van der Waals surface area contributed by atoms with Crippen molar-refractivity contribution < 1.29 is 5.11 Å². The van der Waals surface area contributed by atoms with Gasteiger partial charge >= 0.3 is 0 Å². The topological polar surface area (TPSA) is 59.1 Å². The van der Waals surface area contributed by atoms with Gasteiger partial charge in [-0.15, -0.1) is 23.7 Å². The van der Waals surface area contributed by atoms with E-state index in [1.165, 1.54) is 11.3 Å². The van der Waals surface area contributed by atoms with Crippen LogP contribution in [0.3, 0.4) is 0 Å². The number of benzene rings is 1. The van der Waals surface area contributed by atoms with Crippen molar-refractivity contribution in [2.75, 3.05) is 0 Å². The van der Waals surface area contributed by atoms with E-state index in [9.17, 15) is 5.11 Å². The molecule has 0 aliphatic carbocycles. The number of nitrogens with two attached hydrogens (primary N) is 1. The second-order valence-electron chi connectivity index (χ2n) is 3.67. The number of halogens is 1. The molecule has 0 bridgehead atoms. The maximum Gasteiger partial charge on any atom is 0.123 e. The molecule has 2 unspecified atom stereocenters. The molecule has 1 aromatic heterocycles. The molecule has 17 heavy (non-hydrogen) atoms. The summed E-state index contributed by atoms with van der Waals surface area (Å²) >= 11 is 1.43. The molecule has 2 atom stereocenters. The Hall–Kier alpha value is -0.940. The molecular weight excluding hydrogens is 256 g/mol. The zero-order chi connectivity index (χ0) is 11.4. The van der Waals surface area contributed by atoms with E-state index in [0.29, 0.717) is 11.4 Å². The molecule has 3 N–H and O–H groups in total.